The van der Waals surface area contributed by atoms with Crippen molar-refractivity contribution in [2.24, 2.45) is 0 Å². The SMILES string of the molecule is c1ccc(-c2cc(-c3ccccc3)nc(-c3ccc4c(c3)-c3ccc(-c5nc(-c6ccccc6)nc(-c6ccccc6)n5)cc3C43c4ccccc4Oc4ccccc43)n2)cc1. The lowest BCUT2D eigenvalue weighted by Gasteiger charge is -2.39. The molecule has 2 aliphatic rings. The van der Waals surface area contributed by atoms with Crippen molar-refractivity contribution in [1.29, 1.82) is 0 Å². The zero-order chi connectivity index (χ0) is 41.0. The fourth-order valence-electron chi connectivity index (χ4n) is 9.21. The van der Waals surface area contributed by atoms with Gasteiger partial charge in [0.05, 0.1) is 16.8 Å². The third kappa shape index (κ3) is 5.76. The number of hydrogen-bond donors (Lipinski definition) is 0. The topological polar surface area (TPSA) is 73.7 Å². The van der Waals surface area contributed by atoms with Gasteiger partial charge in [0.1, 0.15) is 11.5 Å². The Bertz CT molecular complexity index is 3160. The van der Waals surface area contributed by atoms with Gasteiger partial charge in [0.15, 0.2) is 23.3 Å². The minimum Gasteiger partial charge on any atom is -0.457 e. The van der Waals surface area contributed by atoms with Gasteiger partial charge in [-0.15, -0.1) is 0 Å². The predicted octanol–water partition coefficient (Wildman–Crippen LogP) is 13.1. The summed E-state index contributed by atoms with van der Waals surface area (Å²) in [7, 11) is 0. The number of para-hydroxylation sites is 2. The van der Waals surface area contributed by atoms with Crippen LogP contribution in [0.15, 0.2) is 212 Å². The summed E-state index contributed by atoms with van der Waals surface area (Å²) in [5.41, 5.74) is 13.4. The maximum Gasteiger partial charge on any atom is 0.164 e. The van der Waals surface area contributed by atoms with Gasteiger partial charge in [-0.3, -0.25) is 0 Å². The molecule has 62 heavy (non-hydrogen) atoms. The Balaban J connectivity index is 1.10. The quantitative estimate of drug-likeness (QED) is 0.167. The van der Waals surface area contributed by atoms with E-state index in [1.165, 1.54) is 0 Å². The van der Waals surface area contributed by atoms with Crippen LogP contribution in [0.2, 0.25) is 0 Å². The van der Waals surface area contributed by atoms with E-state index in [-0.39, 0.29) is 0 Å². The monoisotopic (exact) mass is 793 g/mol. The van der Waals surface area contributed by atoms with E-state index in [0.29, 0.717) is 23.3 Å². The lowest BCUT2D eigenvalue weighted by Crippen LogP contribution is -2.32. The second kappa shape index (κ2) is 14.4. The second-order valence-electron chi connectivity index (χ2n) is 15.6. The molecule has 0 saturated carbocycles. The molecule has 10 aromatic rings. The Morgan fingerprint density at radius 1 is 0.274 bits per heavy atom. The maximum atomic E-state index is 6.69. The van der Waals surface area contributed by atoms with E-state index in [1.54, 1.807) is 0 Å². The zero-order valence-corrected chi connectivity index (χ0v) is 33.4. The summed E-state index contributed by atoms with van der Waals surface area (Å²) in [6, 6.07) is 73.1. The Morgan fingerprint density at radius 3 is 1.23 bits per heavy atom. The van der Waals surface area contributed by atoms with Crippen molar-refractivity contribution in [3.63, 3.8) is 0 Å². The molecule has 290 valence electrons. The third-order valence-electron chi connectivity index (χ3n) is 12.0. The first-order valence-electron chi connectivity index (χ1n) is 20.7. The molecule has 0 N–H and O–H groups in total. The molecule has 0 radical (unpaired) electrons. The Kier molecular flexibility index (Phi) is 8.28. The Hall–Kier alpha value is -8.35. The number of nitrogens with zero attached hydrogens (tertiary/aromatic N) is 5. The zero-order valence-electron chi connectivity index (χ0n) is 33.4. The van der Waals surface area contributed by atoms with Crippen LogP contribution in [-0.4, -0.2) is 24.9 Å². The van der Waals surface area contributed by atoms with Gasteiger partial charge in [-0.25, -0.2) is 24.9 Å². The van der Waals surface area contributed by atoms with Crippen LogP contribution in [0, 0.1) is 0 Å². The van der Waals surface area contributed by atoms with Crippen LogP contribution in [0.25, 0.3) is 79.2 Å². The van der Waals surface area contributed by atoms with Crippen LogP contribution < -0.4 is 4.74 Å². The average Bonchev–Trinajstić information content (AvgIpc) is 3.64. The van der Waals surface area contributed by atoms with Gasteiger partial charge in [-0.1, -0.05) is 182 Å². The van der Waals surface area contributed by atoms with Crippen LogP contribution in [0.4, 0.5) is 0 Å². The van der Waals surface area contributed by atoms with Crippen molar-refractivity contribution >= 4 is 0 Å². The van der Waals surface area contributed by atoms with E-state index in [4.69, 9.17) is 29.7 Å². The van der Waals surface area contributed by atoms with E-state index in [2.05, 4.69) is 103 Å². The van der Waals surface area contributed by atoms with Crippen LogP contribution in [0.3, 0.4) is 0 Å². The van der Waals surface area contributed by atoms with Crippen molar-refractivity contribution in [3.05, 3.63) is 235 Å². The molecule has 0 saturated heterocycles. The van der Waals surface area contributed by atoms with E-state index in [0.717, 1.165) is 89.6 Å². The molecule has 1 aliphatic carbocycles. The first kappa shape index (κ1) is 35.6. The van der Waals surface area contributed by atoms with Gasteiger partial charge in [0, 0.05) is 44.5 Å². The standard InChI is InChI=1S/C56H35N5O/c1-5-17-36(18-6-1)48-35-49(37-19-7-2-8-20-37)58-54(57-48)40-30-32-44-43(33-40)42-31-29-41(34-47(42)56(44)45-25-13-15-27-50(45)62-51-28-16-14-26-46(51)56)55-60-52(38-21-9-3-10-22-38)59-53(61-55)39-23-11-4-12-24-39/h1-35H. The van der Waals surface area contributed by atoms with E-state index in [9.17, 15) is 0 Å². The molecule has 0 unspecified atom stereocenters. The number of ether oxygens (including phenoxy) is 1. The van der Waals surface area contributed by atoms with Crippen molar-refractivity contribution in [2.45, 2.75) is 5.41 Å². The van der Waals surface area contributed by atoms with E-state index < -0.39 is 5.41 Å². The molecule has 0 bridgehead atoms. The van der Waals surface area contributed by atoms with Gasteiger partial charge in [-0.05, 0) is 52.6 Å². The molecule has 1 aliphatic heterocycles. The molecule has 3 heterocycles. The smallest absolute Gasteiger partial charge is 0.164 e. The summed E-state index contributed by atoms with van der Waals surface area (Å²) in [5, 5.41) is 0. The number of benzene rings is 8. The maximum absolute atomic E-state index is 6.69. The fraction of sp³-hybridized carbons (Fsp3) is 0.0179. The molecule has 1 spiro atoms. The van der Waals surface area contributed by atoms with Crippen LogP contribution in [0.5, 0.6) is 11.5 Å². The molecule has 6 heteroatoms. The van der Waals surface area contributed by atoms with Gasteiger partial charge in [-0.2, -0.15) is 0 Å². The van der Waals surface area contributed by atoms with Gasteiger partial charge < -0.3 is 4.74 Å². The Morgan fingerprint density at radius 2 is 0.694 bits per heavy atom. The van der Waals surface area contributed by atoms with E-state index in [1.807, 2.05) is 109 Å². The second-order valence-corrected chi connectivity index (χ2v) is 15.6. The summed E-state index contributed by atoms with van der Waals surface area (Å²) in [6.45, 7) is 0. The molecule has 0 amide bonds. The van der Waals surface area contributed by atoms with Crippen molar-refractivity contribution in [3.8, 4) is 90.7 Å². The highest BCUT2D eigenvalue weighted by Crippen LogP contribution is 2.62. The van der Waals surface area contributed by atoms with Gasteiger partial charge in [0.2, 0.25) is 0 Å². The highest BCUT2D eigenvalue weighted by atomic mass is 16.5. The van der Waals surface area contributed by atoms with Crippen LogP contribution in [0.1, 0.15) is 22.3 Å². The minimum atomic E-state index is -0.718. The normalized spacial score (nSPS) is 12.8. The van der Waals surface area contributed by atoms with Crippen LogP contribution in [-0.2, 0) is 5.41 Å². The molecule has 12 rings (SSSR count). The highest BCUT2D eigenvalue weighted by molar-refractivity contribution is 5.92. The molecular formula is C56H35N5O. The summed E-state index contributed by atoms with van der Waals surface area (Å²) in [4.78, 5) is 25.7. The molecule has 8 aromatic carbocycles. The minimum absolute atomic E-state index is 0.598. The molecule has 0 fully saturated rings. The number of rotatable bonds is 6. The van der Waals surface area contributed by atoms with Crippen molar-refractivity contribution < 1.29 is 4.74 Å². The third-order valence-corrected chi connectivity index (χ3v) is 12.0. The summed E-state index contributed by atoms with van der Waals surface area (Å²) < 4.78 is 6.69. The Labute approximate surface area is 359 Å². The molecule has 0 atom stereocenters. The number of hydrogen-bond acceptors (Lipinski definition) is 6. The fourth-order valence-corrected chi connectivity index (χ4v) is 9.21. The van der Waals surface area contributed by atoms with E-state index >= 15 is 0 Å². The average molecular weight is 794 g/mol. The predicted molar refractivity (Wildman–Crippen MR) is 245 cm³/mol. The van der Waals surface area contributed by atoms with Crippen molar-refractivity contribution in [1.82, 2.24) is 24.9 Å². The first-order valence-corrected chi connectivity index (χ1v) is 20.7. The molecule has 2 aromatic heterocycles. The highest BCUT2D eigenvalue weighted by Gasteiger charge is 2.51. The summed E-state index contributed by atoms with van der Waals surface area (Å²) in [6.07, 6.45) is 0. The summed E-state index contributed by atoms with van der Waals surface area (Å²) >= 11 is 0. The molecule has 6 nitrogen and oxygen atoms in total. The number of aromatic nitrogens is 5. The number of fused-ring (bicyclic) bond motifs is 9. The summed E-state index contributed by atoms with van der Waals surface area (Å²) in [5.74, 6) is 4.14. The van der Waals surface area contributed by atoms with Gasteiger partial charge >= 0.3 is 0 Å². The lowest BCUT2D eigenvalue weighted by molar-refractivity contribution is 0.436. The van der Waals surface area contributed by atoms with Crippen molar-refractivity contribution in [2.75, 3.05) is 0 Å². The first-order chi connectivity index (χ1) is 30.7. The van der Waals surface area contributed by atoms with Gasteiger partial charge in [0.25, 0.3) is 0 Å². The largest absolute Gasteiger partial charge is 0.457 e. The lowest BCUT2D eigenvalue weighted by atomic mass is 9.66. The molecular weight excluding hydrogens is 759 g/mol. The van der Waals surface area contributed by atoms with Crippen LogP contribution >= 0.6 is 0 Å².